The van der Waals surface area contributed by atoms with Crippen molar-refractivity contribution in [2.45, 2.75) is 6.54 Å². The SMILES string of the molecule is Fc1cc(Cn2ccnc2-c2cccs2)ccc1Cl. The zero-order valence-corrected chi connectivity index (χ0v) is 11.5. The smallest absolute Gasteiger partial charge is 0.150 e. The van der Waals surface area contributed by atoms with Gasteiger partial charge >= 0.3 is 0 Å². The first-order chi connectivity index (χ1) is 9.24. The highest BCUT2D eigenvalue weighted by atomic mass is 35.5. The van der Waals surface area contributed by atoms with E-state index in [2.05, 4.69) is 4.98 Å². The number of aromatic nitrogens is 2. The quantitative estimate of drug-likeness (QED) is 0.697. The number of imidazole rings is 1. The van der Waals surface area contributed by atoms with Gasteiger partial charge in [0.15, 0.2) is 0 Å². The van der Waals surface area contributed by atoms with E-state index in [-0.39, 0.29) is 5.02 Å². The van der Waals surface area contributed by atoms with Crippen molar-refractivity contribution in [1.29, 1.82) is 0 Å². The van der Waals surface area contributed by atoms with Crippen LogP contribution in [0.2, 0.25) is 5.02 Å². The van der Waals surface area contributed by atoms with Gasteiger partial charge in [0.1, 0.15) is 11.6 Å². The van der Waals surface area contributed by atoms with Crippen LogP contribution in [0.3, 0.4) is 0 Å². The van der Waals surface area contributed by atoms with Crippen LogP contribution < -0.4 is 0 Å². The third-order valence-corrected chi connectivity index (χ3v) is 3.97. The molecule has 3 aromatic rings. The first-order valence-corrected chi connectivity index (χ1v) is 6.99. The monoisotopic (exact) mass is 292 g/mol. The molecule has 0 radical (unpaired) electrons. The van der Waals surface area contributed by atoms with Crippen molar-refractivity contribution >= 4 is 22.9 Å². The Hall–Kier alpha value is -1.65. The van der Waals surface area contributed by atoms with E-state index in [1.54, 1.807) is 23.6 Å². The molecule has 0 atom stereocenters. The highest BCUT2D eigenvalue weighted by Gasteiger charge is 2.08. The summed E-state index contributed by atoms with van der Waals surface area (Å²) < 4.78 is 15.4. The molecule has 96 valence electrons. The molecule has 1 aromatic carbocycles. The van der Waals surface area contributed by atoms with Gasteiger partial charge in [-0.15, -0.1) is 11.3 Å². The molecule has 0 spiro atoms. The van der Waals surface area contributed by atoms with Crippen LogP contribution in [0.25, 0.3) is 10.7 Å². The van der Waals surface area contributed by atoms with Gasteiger partial charge in [0, 0.05) is 18.9 Å². The number of thiophene rings is 1. The van der Waals surface area contributed by atoms with Crippen LogP contribution in [0.4, 0.5) is 4.39 Å². The Kier molecular flexibility index (Phi) is 3.36. The molecule has 3 rings (SSSR count). The number of halogens is 2. The molecule has 0 aliphatic heterocycles. The van der Waals surface area contributed by atoms with Gasteiger partial charge in [-0.2, -0.15) is 0 Å². The summed E-state index contributed by atoms with van der Waals surface area (Å²) in [5, 5.41) is 2.16. The van der Waals surface area contributed by atoms with Crippen molar-refractivity contribution in [3.05, 3.63) is 64.5 Å². The van der Waals surface area contributed by atoms with E-state index in [1.165, 1.54) is 6.07 Å². The Morgan fingerprint density at radius 2 is 2.21 bits per heavy atom. The summed E-state index contributed by atoms with van der Waals surface area (Å²) in [6.45, 7) is 0.571. The first kappa shape index (κ1) is 12.4. The van der Waals surface area contributed by atoms with Crippen LogP contribution in [0.15, 0.2) is 48.1 Å². The molecule has 0 amide bonds. The van der Waals surface area contributed by atoms with E-state index in [9.17, 15) is 4.39 Å². The Balaban J connectivity index is 1.92. The maximum absolute atomic E-state index is 13.4. The van der Waals surface area contributed by atoms with Crippen LogP contribution in [-0.4, -0.2) is 9.55 Å². The van der Waals surface area contributed by atoms with Gasteiger partial charge in [-0.05, 0) is 29.1 Å². The second kappa shape index (κ2) is 5.15. The van der Waals surface area contributed by atoms with E-state index in [4.69, 9.17) is 11.6 Å². The number of benzene rings is 1. The van der Waals surface area contributed by atoms with Gasteiger partial charge in [-0.1, -0.05) is 23.7 Å². The molecule has 0 aliphatic rings. The zero-order valence-electron chi connectivity index (χ0n) is 9.88. The zero-order chi connectivity index (χ0) is 13.2. The summed E-state index contributed by atoms with van der Waals surface area (Å²) in [5.74, 6) is 0.502. The standard InChI is InChI=1S/C14H10ClFN2S/c15-11-4-3-10(8-12(11)16)9-18-6-5-17-14(18)13-2-1-7-19-13/h1-8H,9H2. The van der Waals surface area contributed by atoms with Crippen molar-refractivity contribution in [1.82, 2.24) is 9.55 Å². The average molecular weight is 293 g/mol. The molecule has 0 saturated carbocycles. The Morgan fingerprint density at radius 3 is 2.95 bits per heavy atom. The second-order valence-corrected chi connectivity index (χ2v) is 5.46. The predicted octanol–water partition coefficient (Wildman–Crippen LogP) is 4.45. The van der Waals surface area contributed by atoms with E-state index >= 15 is 0 Å². The number of rotatable bonds is 3. The summed E-state index contributed by atoms with van der Waals surface area (Å²) in [6, 6.07) is 8.87. The normalized spacial score (nSPS) is 10.8. The molecule has 0 N–H and O–H groups in total. The van der Waals surface area contributed by atoms with Gasteiger partial charge in [0.05, 0.1) is 9.90 Å². The lowest BCUT2D eigenvalue weighted by atomic mass is 10.2. The van der Waals surface area contributed by atoms with Crippen LogP contribution in [0.5, 0.6) is 0 Å². The van der Waals surface area contributed by atoms with Crippen molar-refractivity contribution in [3.63, 3.8) is 0 Å². The molecule has 19 heavy (non-hydrogen) atoms. The minimum Gasteiger partial charge on any atom is -0.326 e. The minimum absolute atomic E-state index is 0.146. The first-order valence-electron chi connectivity index (χ1n) is 5.73. The molecule has 2 nitrogen and oxygen atoms in total. The lowest BCUT2D eigenvalue weighted by molar-refractivity contribution is 0.624. The highest BCUT2D eigenvalue weighted by molar-refractivity contribution is 7.13. The lowest BCUT2D eigenvalue weighted by Gasteiger charge is -2.07. The Bertz CT molecular complexity index is 691. The number of nitrogens with zero attached hydrogens (tertiary/aromatic N) is 2. The maximum Gasteiger partial charge on any atom is 0.150 e. The van der Waals surface area contributed by atoms with Crippen molar-refractivity contribution in [2.75, 3.05) is 0 Å². The predicted molar refractivity (Wildman–Crippen MR) is 76.1 cm³/mol. The summed E-state index contributed by atoms with van der Waals surface area (Å²) in [4.78, 5) is 5.45. The number of hydrogen-bond acceptors (Lipinski definition) is 2. The molecule has 0 saturated heterocycles. The fourth-order valence-corrected chi connectivity index (χ4v) is 2.76. The Labute approximate surface area is 119 Å². The van der Waals surface area contributed by atoms with Crippen molar-refractivity contribution < 1.29 is 4.39 Å². The van der Waals surface area contributed by atoms with Gasteiger partial charge in [-0.3, -0.25) is 0 Å². The fraction of sp³-hybridized carbons (Fsp3) is 0.0714. The van der Waals surface area contributed by atoms with Crippen molar-refractivity contribution in [2.24, 2.45) is 0 Å². The van der Waals surface area contributed by atoms with E-state index in [1.807, 2.05) is 34.3 Å². The molecule has 2 aromatic heterocycles. The van der Waals surface area contributed by atoms with Crippen molar-refractivity contribution in [3.8, 4) is 10.7 Å². The van der Waals surface area contributed by atoms with Crippen LogP contribution >= 0.6 is 22.9 Å². The molecule has 0 unspecified atom stereocenters. The average Bonchev–Trinajstić information content (AvgIpc) is 3.04. The molecule has 5 heteroatoms. The summed E-state index contributed by atoms with van der Waals surface area (Å²) >= 11 is 7.32. The largest absolute Gasteiger partial charge is 0.326 e. The van der Waals surface area contributed by atoms with E-state index in [0.717, 1.165) is 16.3 Å². The molecule has 0 aliphatic carbocycles. The second-order valence-electron chi connectivity index (χ2n) is 4.10. The Morgan fingerprint density at radius 1 is 1.32 bits per heavy atom. The minimum atomic E-state index is -0.392. The highest BCUT2D eigenvalue weighted by Crippen LogP contribution is 2.24. The van der Waals surface area contributed by atoms with Crippen LogP contribution in [0.1, 0.15) is 5.56 Å². The topological polar surface area (TPSA) is 17.8 Å². The van der Waals surface area contributed by atoms with Gasteiger partial charge in [0.25, 0.3) is 0 Å². The number of hydrogen-bond donors (Lipinski definition) is 0. The summed E-state index contributed by atoms with van der Waals surface area (Å²) in [7, 11) is 0. The molecule has 0 bridgehead atoms. The summed E-state index contributed by atoms with van der Waals surface area (Å²) in [5.41, 5.74) is 0.859. The van der Waals surface area contributed by atoms with E-state index < -0.39 is 5.82 Å². The van der Waals surface area contributed by atoms with Crippen LogP contribution in [0, 0.1) is 5.82 Å². The van der Waals surface area contributed by atoms with E-state index in [0.29, 0.717) is 6.54 Å². The fourth-order valence-electron chi connectivity index (χ4n) is 1.90. The third-order valence-electron chi connectivity index (χ3n) is 2.79. The van der Waals surface area contributed by atoms with Gasteiger partial charge in [0.2, 0.25) is 0 Å². The van der Waals surface area contributed by atoms with Crippen LogP contribution in [-0.2, 0) is 6.54 Å². The lowest BCUT2D eigenvalue weighted by Crippen LogP contribution is -2.00. The van der Waals surface area contributed by atoms with Gasteiger partial charge < -0.3 is 4.57 Å². The maximum atomic E-state index is 13.4. The molecule has 0 fully saturated rings. The summed E-state index contributed by atoms with van der Waals surface area (Å²) in [6.07, 6.45) is 3.64. The molecule has 2 heterocycles. The van der Waals surface area contributed by atoms with Gasteiger partial charge in [-0.25, -0.2) is 9.37 Å². The molecular formula is C14H10ClFN2S. The molecular weight excluding hydrogens is 283 g/mol. The third kappa shape index (κ3) is 2.55.